The molecule has 2 N–H and O–H groups in total. The molecular weight excluding hydrogens is 236 g/mol. The van der Waals surface area contributed by atoms with Crippen LogP contribution in [0.1, 0.15) is 29.2 Å². The quantitative estimate of drug-likeness (QED) is 0.918. The van der Waals surface area contributed by atoms with Crippen molar-refractivity contribution in [2.24, 2.45) is 5.73 Å². The van der Waals surface area contributed by atoms with Gasteiger partial charge in [0.25, 0.3) is 0 Å². The number of benzene rings is 1. The normalized spacial score (nSPS) is 13.9. The summed E-state index contributed by atoms with van der Waals surface area (Å²) < 4.78 is 5.22. The number of nitrogens with zero attached hydrogens (tertiary/aromatic N) is 1. The molecule has 0 saturated heterocycles. The largest absolute Gasteiger partial charge is 0.495 e. The van der Waals surface area contributed by atoms with Crippen LogP contribution < -0.4 is 10.5 Å². The van der Waals surface area contributed by atoms with Gasteiger partial charge in [0, 0.05) is 6.20 Å². The summed E-state index contributed by atoms with van der Waals surface area (Å²) in [6.45, 7) is 6.15. The Morgan fingerprint density at radius 2 is 1.89 bits per heavy atom. The third kappa shape index (κ3) is 2.61. The number of pyridine rings is 1. The summed E-state index contributed by atoms with van der Waals surface area (Å²) in [7, 11) is 1.63. The molecule has 0 saturated carbocycles. The number of aromatic nitrogens is 1. The Balaban J connectivity index is 2.54. The molecular formula is C16H20N2O. The molecule has 2 aromatic rings. The molecule has 19 heavy (non-hydrogen) atoms. The molecule has 0 radical (unpaired) electrons. The molecule has 1 atom stereocenters. The molecule has 100 valence electrons. The molecule has 3 heteroatoms. The zero-order chi connectivity index (χ0) is 14.0. The highest BCUT2D eigenvalue weighted by Gasteiger charge is 2.26. The van der Waals surface area contributed by atoms with Gasteiger partial charge >= 0.3 is 0 Å². The van der Waals surface area contributed by atoms with Crippen molar-refractivity contribution < 1.29 is 4.74 Å². The van der Waals surface area contributed by atoms with E-state index in [0.29, 0.717) is 0 Å². The van der Waals surface area contributed by atoms with Crippen LogP contribution in [0.3, 0.4) is 0 Å². The second kappa shape index (κ2) is 5.02. The topological polar surface area (TPSA) is 48.1 Å². The summed E-state index contributed by atoms with van der Waals surface area (Å²) in [6.07, 6.45) is 3.48. The van der Waals surface area contributed by atoms with Crippen LogP contribution in [0.25, 0.3) is 0 Å². The van der Waals surface area contributed by atoms with Crippen LogP contribution in [0, 0.1) is 13.8 Å². The van der Waals surface area contributed by atoms with Crippen LogP contribution in [0.4, 0.5) is 0 Å². The minimum absolute atomic E-state index is 0.586. The van der Waals surface area contributed by atoms with Crippen molar-refractivity contribution in [2.75, 3.05) is 7.11 Å². The van der Waals surface area contributed by atoms with E-state index in [-0.39, 0.29) is 0 Å². The molecule has 0 amide bonds. The first-order valence-electron chi connectivity index (χ1n) is 6.31. The van der Waals surface area contributed by atoms with Crippen molar-refractivity contribution in [3.63, 3.8) is 0 Å². The Bertz CT molecular complexity index is 591. The Morgan fingerprint density at radius 3 is 2.58 bits per heavy atom. The highest BCUT2D eigenvalue weighted by molar-refractivity contribution is 5.43. The maximum absolute atomic E-state index is 6.56. The Labute approximate surface area is 114 Å². The van der Waals surface area contributed by atoms with Gasteiger partial charge in [0.15, 0.2) is 0 Å². The molecule has 3 nitrogen and oxygen atoms in total. The summed E-state index contributed by atoms with van der Waals surface area (Å²) in [5.74, 6) is 0.722. The van der Waals surface area contributed by atoms with Crippen molar-refractivity contribution >= 4 is 0 Å². The molecule has 0 spiro atoms. The molecule has 0 bridgehead atoms. The van der Waals surface area contributed by atoms with E-state index in [1.165, 1.54) is 11.1 Å². The Hall–Kier alpha value is -1.87. The molecule has 0 fully saturated rings. The summed E-state index contributed by atoms with van der Waals surface area (Å²) >= 11 is 0. The molecule has 1 aromatic carbocycles. The second-order valence-electron chi connectivity index (χ2n) is 5.13. The fraction of sp³-hybridized carbons (Fsp3) is 0.312. The van der Waals surface area contributed by atoms with Crippen LogP contribution >= 0.6 is 0 Å². The summed E-state index contributed by atoms with van der Waals surface area (Å²) in [4.78, 5) is 4.19. The zero-order valence-electron chi connectivity index (χ0n) is 11.9. The van der Waals surface area contributed by atoms with E-state index in [1.54, 1.807) is 19.5 Å². The van der Waals surface area contributed by atoms with E-state index in [9.17, 15) is 0 Å². The van der Waals surface area contributed by atoms with Gasteiger partial charge in [-0.15, -0.1) is 0 Å². The summed E-state index contributed by atoms with van der Waals surface area (Å²) in [6, 6.07) is 8.27. The molecule has 0 aliphatic heterocycles. The zero-order valence-corrected chi connectivity index (χ0v) is 11.9. The van der Waals surface area contributed by atoms with Gasteiger partial charge < -0.3 is 10.5 Å². The Kier molecular flexibility index (Phi) is 3.58. The number of hydrogen-bond acceptors (Lipinski definition) is 3. The van der Waals surface area contributed by atoms with Crippen molar-refractivity contribution in [3.05, 3.63) is 58.9 Å². The first kappa shape index (κ1) is 13.6. The minimum atomic E-state index is -0.586. The van der Waals surface area contributed by atoms with Crippen molar-refractivity contribution in [1.29, 1.82) is 0 Å². The van der Waals surface area contributed by atoms with Gasteiger partial charge in [-0.2, -0.15) is 0 Å². The number of methoxy groups -OCH3 is 1. The van der Waals surface area contributed by atoms with Crippen molar-refractivity contribution in [2.45, 2.75) is 26.3 Å². The number of aryl methyl sites for hydroxylation is 2. The lowest BCUT2D eigenvalue weighted by molar-refractivity contribution is 0.410. The van der Waals surface area contributed by atoms with E-state index in [2.05, 4.69) is 37.0 Å². The highest BCUT2D eigenvalue weighted by atomic mass is 16.5. The summed E-state index contributed by atoms with van der Waals surface area (Å²) in [5, 5.41) is 0. The average Bonchev–Trinajstić information content (AvgIpc) is 2.41. The van der Waals surface area contributed by atoms with Gasteiger partial charge in [-0.3, -0.25) is 4.98 Å². The molecule has 1 unspecified atom stereocenters. The van der Waals surface area contributed by atoms with Gasteiger partial charge in [0.05, 0.1) is 18.8 Å². The second-order valence-corrected chi connectivity index (χ2v) is 5.13. The fourth-order valence-corrected chi connectivity index (χ4v) is 2.27. The predicted octanol–water partition coefficient (Wildman–Crippen LogP) is 2.93. The van der Waals surface area contributed by atoms with Crippen LogP contribution in [0.5, 0.6) is 5.75 Å². The average molecular weight is 256 g/mol. The van der Waals surface area contributed by atoms with Crippen LogP contribution in [-0.2, 0) is 5.54 Å². The van der Waals surface area contributed by atoms with Gasteiger partial charge in [-0.25, -0.2) is 0 Å². The minimum Gasteiger partial charge on any atom is -0.495 e. The SMILES string of the molecule is COc1cncc(C(C)(N)c2cc(C)ccc2C)c1. The third-order valence-corrected chi connectivity index (χ3v) is 3.50. The maximum Gasteiger partial charge on any atom is 0.137 e. The molecule has 0 aliphatic carbocycles. The van der Waals surface area contributed by atoms with Gasteiger partial charge in [0.1, 0.15) is 5.75 Å². The molecule has 2 rings (SSSR count). The van der Waals surface area contributed by atoms with Gasteiger partial charge in [-0.1, -0.05) is 23.8 Å². The van der Waals surface area contributed by atoms with Gasteiger partial charge in [-0.05, 0) is 43.5 Å². The lowest BCUT2D eigenvalue weighted by Crippen LogP contribution is -2.35. The lowest BCUT2D eigenvalue weighted by Gasteiger charge is -2.28. The third-order valence-electron chi connectivity index (χ3n) is 3.50. The predicted molar refractivity (Wildman–Crippen MR) is 77.3 cm³/mol. The van der Waals surface area contributed by atoms with Crippen molar-refractivity contribution in [1.82, 2.24) is 4.98 Å². The number of rotatable bonds is 3. The molecule has 1 heterocycles. The molecule has 0 aliphatic rings. The van der Waals surface area contributed by atoms with E-state index in [0.717, 1.165) is 16.9 Å². The van der Waals surface area contributed by atoms with E-state index < -0.39 is 5.54 Å². The van der Waals surface area contributed by atoms with Crippen LogP contribution in [0.2, 0.25) is 0 Å². The lowest BCUT2D eigenvalue weighted by atomic mass is 9.83. The molecule has 1 aromatic heterocycles. The number of hydrogen-bond donors (Lipinski definition) is 1. The first-order chi connectivity index (χ1) is 8.95. The van der Waals surface area contributed by atoms with Crippen molar-refractivity contribution in [3.8, 4) is 5.75 Å². The summed E-state index contributed by atoms with van der Waals surface area (Å²) in [5.41, 5.74) is 10.4. The van der Waals surface area contributed by atoms with Crippen LogP contribution in [0.15, 0.2) is 36.7 Å². The monoisotopic (exact) mass is 256 g/mol. The van der Waals surface area contributed by atoms with E-state index >= 15 is 0 Å². The van der Waals surface area contributed by atoms with E-state index in [4.69, 9.17) is 10.5 Å². The standard InChI is InChI=1S/C16H20N2O/c1-11-5-6-12(2)15(7-11)16(3,17)13-8-14(19-4)10-18-9-13/h5-10H,17H2,1-4H3. The Morgan fingerprint density at radius 1 is 1.16 bits per heavy atom. The van der Waals surface area contributed by atoms with Gasteiger partial charge in [0.2, 0.25) is 0 Å². The number of ether oxygens (including phenoxy) is 1. The highest BCUT2D eigenvalue weighted by Crippen LogP contribution is 2.30. The number of nitrogens with two attached hydrogens (primary N) is 1. The fourth-order valence-electron chi connectivity index (χ4n) is 2.27. The van der Waals surface area contributed by atoms with E-state index in [1.807, 2.05) is 13.0 Å². The first-order valence-corrected chi connectivity index (χ1v) is 6.31. The van der Waals surface area contributed by atoms with Crippen LogP contribution in [-0.4, -0.2) is 12.1 Å². The maximum atomic E-state index is 6.56. The smallest absolute Gasteiger partial charge is 0.137 e.